The molecule has 0 saturated carbocycles. The number of nitrogens with zero attached hydrogens (tertiary/aromatic N) is 2. The van der Waals surface area contributed by atoms with Crippen LogP contribution in [-0.2, 0) is 0 Å². The summed E-state index contributed by atoms with van der Waals surface area (Å²) in [5, 5.41) is 3.21. The van der Waals surface area contributed by atoms with Crippen LogP contribution in [0.2, 0.25) is 0 Å². The number of anilines is 2. The van der Waals surface area contributed by atoms with Gasteiger partial charge in [0.2, 0.25) is 0 Å². The molecule has 0 aliphatic carbocycles. The molecule has 0 aliphatic heterocycles. The van der Waals surface area contributed by atoms with E-state index in [0.717, 1.165) is 5.75 Å². The van der Waals surface area contributed by atoms with E-state index in [-0.39, 0.29) is 6.04 Å². The molecule has 0 spiro atoms. The highest BCUT2D eigenvalue weighted by Gasteiger charge is 2.04. The third-order valence-electron chi connectivity index (χ3n) is 2.60. The van der Waals surface area contributed by atoms with Crippen LogP contribution >= 0.6 is 0 Å². The first kappa shape index (κ1) is 13.1. The summed E-state index contributed by atoms with van der Waals surface area (Å²) < 4.78 is 5.69. The molecule has 5 nitrogen and oxygen atoms in total. The molecule has 0 bridgehead atoms. The molecule has 2 rings (SSSR count). The molecule has 1 heterocycles. The maximum Gasteiger partial charge on any atom is 0.131 e. The van der Waals surface area contributed by atoms with Crippen molar-refractivity contribution < 1.29 is 4.74 Å². The molecule has 0 amide bonds. The molecular weight excluding hydrogens is 240 g/mol. The van der Waals surface area contributed by atoms with Gasteiger partial charge in [-0.1, -0.05) is 17.7 Å². The van der Waals surface area contributed by atoms with E-state index in [1.54, 1.807) is 6.07 Å². The van der Waals surface area contributed by atoms with Crippen molar-refractivity contribution >= 4 is 11.6 Å². The molecule has 1 aromatic heterocycles. The molecule has 1 unspecified atom stereocenters. The Bertz CT molecular complexity index is 527. The summed E-state index contributed by atoms with van der Waals surface area (Å²) in [6.07, 6.45) is 1.44. The van der Waals surface area contributed by atoms with Gasteiger partial charge < -0.3 is 15.8 Å². The Morgan fingerprint density at radius 2 is 2.00 bits per heavy atom. The number of ether oxygens (including phenoxy) is 1. The van der Waals surface area contributed by atoms with E-state index in [2.05, 4.69) is 15.3 Å². The van der Waals surface area contributed by atoms with Gasteiger partial charge in [0, 0.05) is 6.07 Å². The van der Waals surface area contributed by atoms with E-state index in [4.69, 9.17) is 10.5 Å². The monoisotopic (exact) mass is 258 g/mol. The third kappa shape index (κ3) is 4.13. The average Bonchev–Trinajstić information content (AvgIpc) is 2.38. The van der Waals surface area contributed by atoms with E-state index >= 15 is 0 Å². The fraction of sp³-hybridized carbons (Fsp3) is 0.286. The standard InChI is InChI=1S/C14H18N4O/c1-10-3-5-12(6-4-10)19-8-11(2)18-14-7-13(15)16-9-17-14/h3-7,9,11H,8H2,1-2H3,(H3,15,16,17,18). The number of benzene rings is 1. The lowest BCUT2D eigenvalue weighted by atomic mass is 10.2. The van der Waals surface area contributed by atoms with Crippen molar-refractivity contribution in [1.82, 2.24) is 9.97 Å². The van der Waals surface area contributed by atoms with Crippen molar-refractivity contribution in [2.24, 2.45) is 0 Å². The van der Waals surface area contributed by atoms with Gasteiger partial charge >= 0.3 is 0 Å². The van der Waals surface area contributed by atoms with Gasteiger partial charge in [-0.3, -0.25) is 0 Å². The molecule has 3 N–H and O–H groups in total. The summed E-state index contributed by atoms with van der Waals surface area (Å²) in [7, 11) is 0. The molecule has 1 atom stereocenters. The number of hydrogen-bond donors (Lipinski definition) is 2. The fourth-order valence-electron chi connectivity index (χ4n) is 1.60. The molecule has 0 saturated heterocycles. The van der Waals surface area contributed by atoms with Crippen LogP contribution in [0, 0.1) is 6.92 Å². The Hall–Kier alpha value is -2.30. The average molecular weight is 258 g/mol. The van der Waals surface area contributed by atoms with Crippen molar-refractivity contribution in [3.05, 3.63) is 42.2 Å². The lowest BCUT2D eigenvalue weighted by Gasteiger charge is -2.15. The number of nitrogens with one attached hydrogen (secondary N) is 1. The predicted molar refractivity (Wildman–Crippen MR) is 76.2 cm³/mol. The van der Waals surface area contributed by atoms with Crippen LogP contribution in [-0.4, -0.2) is 22.6 Å². The smallest absolute Gasteiger partial charge is 0.131 e. The Kier molecular flexibility index (Phi) is 4.18. The van der Waals surface area contributed by atoms with Gasteiger partial charge in [-0.15, -0.1) is 0 Å². The van der Waals surface area contributed by atoms with Crippen LogP contribution in [0.3, 0.4) is 0 Å². The van der Waals surface area contributed by atoms with Crippen LogP contribution < -0.4 is 15.8 Å². The molecule has 0 radical (unpaired) electrons. The van der Waals surface area contributed by atoms with Gasteiger partial charge in [0.15, 0.2) is 0 Å². The van der Waals surface area contributed by atoms with Gasteiger partial charge in [0.1, 0.15) is 30.3 Å². The molecule has 0 fully saturated rings. The predicted octanol–water partition coefficient (Wildman–Crippen LogP) is 2.25. The van der Waals surface area contributed by atoms with Crippen LogP contribution in [0.4, 0.5) is 11.6 Å². The first-order chi connectivity index (χ1) is 9.13. The number of nitrogens with two attached hydrogens (primary N) is 1. The quantitative estimate of drug-likeness (QED) is 0.860. The Morgan fingerprint density at radius 1 is 1.26 bits per heavy atom. The molecule has 1 aromatic carbocycles. The Morgan fingerprint density at radius 3 is 2.68 bits per heavy atom. The normalized spacial score (nSPS) is 11.9. The summed E-state index contributed by atoms with van der Waals surface area (Å²) in [5.74, 6) is 2.01. The first-order valence-corrected chi connectivity index (χ1v) is 6.17. The molecule has 19 heavy (non-hydrogen) atoms. The van der Waals surface area contributed by atoms with Crippen LogP contribution in [0.25, 0.3) is 0 Å². The largest absolute Gasteiger partial charge is 0.491 e. The highest BCUT2D eigenvalue weighted by molar-refractivity contribution is 5.43. The lowest BCUT2D eigenvalue weighted by Crippen LogP contribution is -2.24. The number of aromatic nitrogens is 2. The summed E-state index contributed by atoms with van der Waals surface area (Å²) in [6, 6.07) is 9.80. The van der Waals surface area contributed by atoms with Crippen molar-refractivity contribution in [3.8, 4) is 5.75 Å². The van der Waals surface area contributed by atoms with Crippen molar-refractivity contribution in [2.45, 2.75) is 19.9 Å². The number of rotatable bonds is 5. The lowest BCUT2D eigenvalue weighted by molar-refractivity contribution is 0.303. The van der Waals surface area contributed by atoms with E-state index in [0.29, 0.717) is 18.2 Å². The second kappa shape index (κ2) is 6.04. The van der Waals surface area contributed by atoms with Crippen molar-refractivity contribution in [2.75, 3.05) is 17.7 Å². The van der Waals surface area contributed by atoms with E-state index in [1.165, 1.54) is 11.9 Å². The van der Waals surface area contributed by atoms with Gasteiger partial charge in [-0.05, 0) is 26.0 Å². The molecule has 100 valence electrons. The molecular formula is C14H18N4O. The van der Waals surface area contributed by atoms with Crippen molar-refractivity contribution in [1.29, 1.82) is 0 Å². The van der Waals surface area contributed by atoms with Gasteiger partial charge in [-0.2, -0.15) is 0 Å². The van der Waals surface area contributed by atoms with Crippen LogP contribution in [0.5, 0.6) is 5.75 Å². The Balaban J connectivity index is 1.84. The molecule has 2 aromatic rings. The van der Waals surface area contributed by atoms with Crippen molar-refractivity contribution in [3.63, 3.8) is 0 Å². The number of nitrogen functional groups attached to an aromatic ring is 1. The van der Waals surface area contributed by atoms with Gasteiger partial charge in [-0.25, -0.2) is 9.97 Å². The summed E-state index contributed by atoms with van der Waals surface area (Å²) in [4.78, 5) is 7.93. The van der Waals surface area contributed by atoms with E-state index in [1.807, 2.05) is 38.1 Å². The maximum atomic E-state index is 5.69. The summed E-state index contributed by atoms with van der Waals surface area (Å²) in [6.45, 7) is 4.62. The maximum absolute atomic E-state index is 5.69. The first-order valence-electron chi connectivity index (χ1n) is 6.17. The fourth-order valence-corrected chi connectivity index (χ4v) is 1.60. The minimum atomic E-state index is 0.121. The van der Waals surface area contributed by atoms with E-state index < -0.39 is 0 Å². The zero-order chi connectivity index (χ0) is 13.7. The van der Waals surface area contributed by atoms with Crippen LogP contribution in [0.1, 0.15) is 12.5 Å². The third-order valence-corrected chi connectivity index (χ3v) is 2.60. The van der Waals surface area contributed by atoms with E-state index in [9.17, 15) is 0 Å². The molecule has 5 heteroatoms. The second-order valence-corrected chi connectivity index (χ2v) is 4.50. The van der Waals surface area contributed by atoms with Crippen LogP contribution in [0.15, 0.2) is 36.7 Å². The highest BCUT2D eigenvalue weighted by Crippen LogP contribution is 2.12. The Labute approximate surface area is 112 Å². The zero-order valence-electron chi connectivity index (χ0n) is 11.1. The van der Waals surface area contributed by atoms with Gasteiger partial charge in [0.05, 0.1) is 6.04 Å². The number of hydrogen-bond acceptors (Lipinski definition) is 5. The zero-order valence-corrected chi connectivity index (χ0v) is 11.1. The second-order valence-electron chi connectivity index (χ2n) is 4.50. The summed E-state index contributed by atoms with van der Waals surface area (Å²) in [5.41, 5.74) is 6.81. The topological polar surface area (TPSA) is 73.1 Å². The SMILES string of the molecule is Cc1ccc(OCC(C)Nc2cc(N)ncn2)cc1. The minimum Gasteiger partial charge on any atom is -0.491 e. The highest BCUT2D eigenvalue weighted by atomic mass is 16.5. The molecule has 0 aliphatic rings. The summed E-state index contributed by atoms with van der Waals surface area (Å²) >= 11 is 0. The minimum absolute atomic E-state index is 0.121. The number of aryl methyl sites for hydroxylation is 1. The van der Waals surface area contributed by atoms with Gasteiger partial charge in [0.25, 0.3) is 0 Å².